The summed E-state index contributed by atoms with van der Waals surface area (Å²) in [6, 6.07) is 8.33. The van der Waals surface area contributed by atoms with Gasteiger partial charge in [-0.2, -0.15) is 5.10 Å². The van der Waals surface area contributed by atoms with Gasteiger partial charge in [-0.25, -0.2) is 0 Å². The lowest BCUT2D eigenvalue weighted by Gasteiger charge is -2.21. The molecule has 0 fully saturated rings. The third kappa shape index (κ3) is 3.96. The van der Waals surface area contributed by atoms with Crippen LogP contribution in [0.25, 0.3) is 11.3 Å². The summed E-state index contributed by atoms with van der Waals surface area (Å²) in [5, 5.41) is 7.61. The van der Waals surface area contributed by atoms with Gasteiger partial charge < -0.3 is 10.2 Å². The van der Waals surface area contributed by atoms with E-state index in [0.29, 0.717) is 12.2 Å². The smallest absolute Gasteiger partial charge is 0.272 e. The minimum absolute atomic E-state index is 0.0604. The molecule has 1 aliphatic rings. The Balaban J connectivity index is 1.70. The molecule has 0 radical (unpaired) electrons. The van der Waals surface area contributed by atoms with Gasteiger partial charge in [-0.3, -0.25) is 9.48 Å². The fraction of sp³-hybridized carbons (Fsp3) is 0.500. The third-order valence-electron chi connectivity index (χ3n) is 4.67. The van der Waals surface area contributed by atoms with E-state index in [4.69, 9.17) is 0 Å². The van der Waals surface area contributed by atoms with Crippen molar-refractivity contribution in [2.45, 2.75) is 37.3 Å². The van der Waals surface area contributed by atoms with Crippen LogP contribution >= 0.6 is 11.8 Å². The van der Waals surface area contributed by atoms with Gasteiger partial charge in [-0.1, -0.05) is 32.0 Å². The quantitative estimate of drug-likeness (QED) is 0.770. The normalized spacial score (nSPS) is 12.8. The lowest BCUT2D eigenvalue weighted by Crippen LogP contribution is -2.36. The Morgan fingerprint density at radius 3 is 2.69 bits per heavy atom. The lowest BCUT2D eigenvalue weighted by atomic mass is 10.1. The van der Waals surface area contributed by atoms with Crippen molar-refractivity contribution in [2.75, 3.05) is 26.2 Å². The second-order valence-corrected chi connectivity index (χ2v) is 7.70. The molecule has 1 aromatic heterocycles. The number of carbonyl (C=O) groups excluding carboxylic acids is 1. The van der Waals surface area contributed by atoms with Gasteiger partial charge in [0, 0.05) is 41.9 Å². The molecule has 26 heavy (non-hydrogen) atoms. The number of rotatable bonds is 8. The topological polar surface area (TPSA) is 50.2 Å². The van der Waals surface area contributed by atoms with E-state index in [1.54, 1.807) is 11.8 Å². The van der Waals surface area contributed by atoms with Crippen LogP contribution in [0.5, 0.6) is 0 Å². The number of aromatic nitrogens is 2. The average Bonchev–Trinajstić information content (AvgIpc) is 2.99. The van der Waals surface area contributed by atoms with Gasteiger partial charge in [-0.05, 0) is 32.0 Å². The Bertz CT molecular complexity index is 765. The summed E-state index contributed by atoms with van der Waals surface area (Å²) in [6.45, 7) is 8.09. The summed E-state index contributed by atoms with van der Waals surface area (Å²) < 4.78 is 1.85. The van der Waals surface area contributed by atoms with Crippen molar-refractivity contribution in [3.05, 3.63) is 35.5 Å². The zero-order chi connectivity index (χ0) is 18.5. The van der Waals surface area contributed by atoms with E-state index in [9.17, 15) is 4.79 Å². The Kier molecular flexibility index (Phi) is 6.38. The molecule has 1 N–H and O–H groups in total. The molecule has 2 heterocycles. The number of fused-ring (bicyclic) bond motifs is 3. The maximum absolute atomic E-state index is 12.7. The van der Waals surface area contributed by atoms with Gasteiger partial charge in [0.05, 0.1) is 5.69 Å². The minimum atomic E-state index is -0.0604. The highest BCUT2D eigenvalue weighted by atomic mass is 32.2. The van der Waals surface area contributed by atoms with Gasteiger partial charge in [0.15, 0.2) is 5.69 Å². The first kappa shape index (κ1) is 19.0. The number of benzene rings is 1. The number of thioether (sulfide) groups is 1. The average molecular weight is 373 g/mol. The SMILES string of the molecule is CCCN(CCC)CCNC(=O)c1nn(C)c2c1CSc1ccccc1-2. The summed E-state index contributed by atoms with van der Waals surface area (Å²) >= 11 is 1.78. The van der Waals surface area contributed by atoms with Crippen LogP contribution in [0.1, 0.15) is 42.7 Å². The van der Waals surface area contributed by atoms with Crippen molar-refractivity contribution in [1.82, 2.24) is 20.0 Å². The van der Waals surface area contributed by atoms with Gasteiger partial charge >= 0.3 is 0 Å². The number of hydrogen-bond donors (Lipinski definition) is 1. The van der Waals surface area contributed by atoms with Crippen molar-refractivity contribution >= 4 is 17.7 Å². The minimum Gasteiger partial charge on any atom is -0.349 e. The number of nitrogens with zero attached hydrogens (tertiary/aromatic N) is 3. The Morgan fingerprint density at radius 1 is 1.23 bits per heavy atom. The fourth-order valence-electron chi connectivity index (χ4n) is 3.54. The van der Waals surface area contributed by atoms with Crippen LogP contribution in [0.3, 0.4) is 0 Å². The van der Waals surface area contributed by atoms with Crippen LogP contribution in [0.2, 0.25) is 0 Å². The van der Waals surface area contributed by atoms with E-state index < -0.39 is 0 Å². The van der Waals surface area contributed by atoms with Crippen molar-refractivity contribution in [1.29, 1.82) is 0 Å². The predicted octanol–water partition coefficient (Wildman–Crippen LogP) is 3.54. The molecule has 0 spiro atoms. The van der Waals surface area contributed by atoms with E-state index in [-0.39, 0.29) is 5.91 Å². The Labute approximate surface area is 160 Å². The number of carbonyl (C=O) groups is 1. The van der Waals surface area contributed by atoms with Gasteiger partial charge in [-0.15, -0.1) is 11.8 Å². The fourth-order valence-corrected chi connectivity index (χ4v) is 4.61. The van der Waals surface area contributed by atoms with E-state index in [2.05, 4.69) is 47.4 Å². The van der Waals surface area contributed by atoms with Crippen LogP contribution in [0, 0.1) is 0 Å². The zero-order valence-corrected chi connectivity index (χ0v) is 16.7. The summed E-state index contributed by atoms with van der Waals surface area (Å²) in [5.41, 5.74) is 3.86. The second-order valence-electron chi connectivity index (χ2n) is 6.68. The molecule has 140 valence electrons. The lowest BCUT2D eigenvalue weighted by molar-refractivity contribution is 0.0942. The van der Waals surface area contributed by atoms with Crippen molar-refractivity contribution < 1.29 is 4.79 Å². The third-order valence-corrected chi connectivity index (χ3v) is 5.77. The first-order chi connectivity index (χ1) is 12.7. The van der Waals surface area contributed by atoms with E-state index >= 15 is 0 Å². The second kappa shape index (κ2) is 8.73. The number of nitrogens with one attached hydrogen (secondary N) is 1. The van der Waals surface area contributed by atoms with Crippen LogP contribution in [0.15, 0.2) is 29.2 Å². The molecule has 0 saturated heterocycles. The zero-order valence-electron chi connectivity index (χ0n) is 15.9. The van der Waals surface area contributed by atoms with Crippen molar-refractivity contribution in [3.63, 3.8) is 0 Å². The van der Waals surface area contributed by atoms with E-state index in [1.165, 1.54) is 10.5 Å². The monoisotopic (exact) mass is 372 g/mol. The van der Waals surface area contributed by atoms with Crippen LogP contribution in [-0.2, 0) is 12.8 Å². The molecule has 0 atom stereocenters. The molecular weight excluding hydrogens is 344 g/mol. The summed E-state index contributed by atoms with van der Waals surface area (Å²) in [5.74, 6) is 0.732. The van der Waals surface area contributed by atoms with Gasteiger partial charge in [0.1, 0.15) is 0 Å². The molecule has 0 saturated carbocycles. The standard InChI is InChI=1S/C20H28N4OS/c1-4-11-24(12-5-2)13-10-21-20(25)18-16-14-26-17-9-7-6-8-15(17)19(16)23(3)22-18/h6-9H,4-5,10-14H2,1-3H3,(H,21,25). The molecular formula is C20H28N4OS. The molecule has 1 amide bonds. The van der Waals surface area contributed by atoms with Gasteiger partial charge in [0.2, 0.25) is 0 Å². The summed E-state index contributed by atoms with van der Waals surface area (Å²) in [4.78, 5) is 16.4. The summed E-state index contributed by atoms with van der Waals surface area (Å²) in [7, 11) is 1.92. The molecule has 1 aliphatic heterocycles. The first-order valence-corrected chi connectivity index (χ1v) is 10.4. The Morgan fingerprint density at radius 2 is 1.96 bits per heavy atom. The number of amides is 1. The number of hydrogen-bond acceptors (Lipinski definition) is 4. The summed E-state index contributed by atoms with van der Waals surface area (Å²) in [6.07, 6.45) is 2.27. The molecule has 1 aromatic carbocycles. The molecule has 0 unspecified atom stereocenters. The van der Waals surface area contributed by atoms with E-state index in [0.717, 1.165) is 49.5 Å². The molecule has 5 nitrogen and oxygen atoms in total. The Hall–Kier alpha value is -1.79. The van der Waals surface area contributed by atoms with Crippen molar-refractivity contribution in [3.8, 4) is 11.3 Å². The molecule has 6 heteroatoms. The largest absolute Gasteiger partial charge is 0.349 e. The van der Waals surface area contributed by atoms with Crippen LogP contribution in [-0.4, -0.2) is 46.8 Å². The van der Waals surface area contributed by atoms with Gasteiger partial charge in [0.25, 0.3) is 5.91 Å². The molecule has 3 rings (SSSR count). The maximum atomic E-state index is 12.7. The molecule has 0 aliphatic carbocycles. The van der Waals surface area contributed by atoms with Crippen molar-refractivity contribution in [2.24, 2.45) is 7.05 Å². The molecule has 0 bridgehead atoms. The first-order valence-electron chi connectivity index (χ1n) is 9.44. The van der Waals surface area contributed by atoms with E-state index in [1.807, 2.05) is 17.8 Å². The maximum Gasteiger partial charge on any atom is 0.272 e. The highest BCUT2D eigenvalue weighted by Crippen LogP contribution is 2.42. The number of aryl methyl sites for hydroxylation is 1. The molecule has 2 aromatic rings. The predicted molar refractivity (Wildman–Crippen MR) is 108 cm³/mol. The highest BCUT2D eigenvalue weighted by Gasteiger charge is 2.27. The van der Waals surface area contributed by atoms with Crippen LogP contribution < -0.4 is 5.32 Å². The van der Waals surface area contributed by atoms with Crippen LogP contribution in [0.4, 0.5) is 0 Å². The highest BCUT2D eigenvalue weighted by molar-refractivity contribution is 7.98.